The van der Waals surface area contributed by atoms with Gasteiger partial charge in [-0.15, -0.1) is 0 Å². The average molecular weight is 1120 g/mol. The lowest BCUT2D eigenvalue weighted by atomic mass is 9.81. The lowest BCUT2D eigenvalue weighted by Gasteiger charge is -2.30. The van der Waals surface area contributed by atoms with Crippen LogP contribution < -0.4 is 42.4 Å². The Morgan fingerprint density at radius 2 is 1.37 bits per heavy atom. The van der Waals surface area contributed by atoms with E-state index in [0.717, 1.165) is 5.56 Å². The third-order valence-electron chi connectivity index (χ3n) is 12.8. The third kappa shape index (κ3) is 22.4. The second-order valence-corrected chi connectivity index (χ2v) is 21.9. The van der Waals surface area contributed by atoms with Crippen LogP contribution in [-0.2, 0) is 70.9 Å². The van der Waals surface area contributed by atoms with Gasteiger partial charge in [-0.1, -0.05) is 94.8 Å². The summed E-state index contributed by atoms with van der Waals surface area (Å²) in [7, 11) is -2.65. The molecule has 0 saturated carbocycles. The summed E-state index contributed by atoms with van der Waals surface area (Å²) in [4.78, 5) is 128. The molecule has 2 atom stereocenters. The van der Waals surface area contributed by atoms with Gasteiger partial charge in [0, 0.05) is 62.8 Å². The van der Waals surface area contributed by atoms with Crippen LogP contribution in [0.1, 0.15) is 109 Å². The van der Waals surface area contributed by atoms with Crippen molar-refractivity contribution in [2.24, 2.45) is 11.7 Å². The molecule has 4 rings (SSSR count). The van der Waals surface area contributed by atoms with Gasteiger partial charge in [0.2, 0.25) is 51.4 Å². The van der Waals surface area contributed by atoms with E-state index in [1.165, 1.54) is 47.1 Å². The first kappa shape index (κ1) is 63.4. The smallest absolute Gasteiger partial charge is 0.411 e. The van der Waals surface area contributed by atoms with Crippen LogP contribution in [0.4, 0.5) is 21.0 Å². The van der Waals surface area contributed by atoms with Gasteiger partial charge in [0.05, 0.1) is 24.9 Å². The first-order valence-electron chi connectivity index (χ1n) is 26.0. The minimum absolute atomic E-state index is 0.0595. The number of benzene rings is 3. The average Bonchev–Trinajstić information content (AvgIpc) is 3.72. The zero-order chi connectivity index (χ0) is 58.3. The van der Waals surface area contributed by atoms with Gasteiger partial charge in [-0.3, -0.25) is 48.6 Å². The molecular formula is C55H74N10O13S. The minimum Gasteiger partial charge on any atom is -0.444 e. The number of nitrogens with one attached hydrogen (secondary N) is 7. The number of unbranched alkanes of at least 4 members (excludes halogenated alkanes) is 2. The Balaban J connectivity index is 1.20. The first-order chi connectivity index (χ1) is 37.3. The number of ether oxygens (including phenoxy) is 1. The van der Waals surface area contributed by atoms with Gasteiger partial charge in [-0.25, -0.2) is 22.7 Å². The number of likely N-dealkylation sites (tertiary alicyclic amines) is 1. The number of rotatable bonds is 30. The summed E-state index contributed by atoms with van der Waals surface area (Å²) in [6.07, 6.45) is 3.42. The first-order valence-corrected chi connectivity index (χ1v) is 27.6. The number of anilines is 2. The molecule has 24 heteroatoms. The number of nitrogens with two attached hydrogens (primary N) is 1. The highest BCUT2D eigenvalue weighted by Gasteiger charge is 2.29. The predicted octanol–water partition coefficient (Wildman–Crippen LogP) is 3.99. The Kier molecular flexibility index (Phi) is 24.6. The van der Waals surface area contributed by atoms with Crippen molar-refractivity contribution < 1.29 is 61.1 Å². The molecule has 3 aromatic carbocycles. The molecule has 79 heavy (non-hydrogen) atoms. The zero-order valence-electron chi connectivity index (χ0n) is 45.6. The minimum atomic E-state index is -4.20. The van der Waals surface area contributed by atoms with E-state index in [1.807, 2.05) is 58.0 Å². The molecule has 9 N–H and O–H groups in total. The predicted molar refractivity (Wildman–Crippen MR) is 295 cm³/mol. The van der Waals surface area contributed by atoms with Gasteiger partial charge in [-0.2, -0.15) is 0 Å². The van der Waals surface area contributed by atoms with Crippen molar-refractivity contribution in [3.63, 3.8) is 0 Å². The quantitative estimate of drug-likeness (QED) is 0.0266. The molecule has 0 bridgehead atoms. The van der Waals surface area contributed by atoms with Crippen LogP contribution in [0.15, 0.2) is 90.5 Å². The van der Waals surface area contributed by atoms with Crippen LogP contribution >= 0.6 is 0 Å². The third-order valence-corrected chi connectivity index (χ3v) is 14.0. The molecule has 1 unspecified atom stereocenters. The van der Waals surface area contributed by atoms with Crippen molar-refractivity contribution in [2.45, 2.75) is 122 Å². The maximum absolute atomic E-state index is 13.3. The molecule has 428 valence electrons. The summed E-state index contributed by atoms with van der Waals surface area (Å²) < 4.78 is 33.6. The highest BCUT2D eigenvalue weighted by atomic mass is 32.2. The number of amides is 11. The van der Waals surface area contributed by atoms with Crippen LogP contribution in [-0.4, -0.2) is 123 Å². The van der Waals surface area contributed by atoms with Gasteiger partial charge < -0.3 is 42.0 Å². The molecule has 23 nitrogen and oxygen atoms in total. The number of urea groups is 1. The van der Waals surface area contributed by atoms with Crippen LogP contribution in [0, 0.1) is 5.92 Å². The molecule has 1 aliphatic heterocycles. The highest BCUT2D eigenvalue weighted by molar-refractivity contribution is 7.89. The van der Waals surface area contributed by atoms with E-state index in [-0.39, 0.29) is 99.0 Å². The number of carbonyl (C=O) groups excluding carboxylic acids is 10. The van der Waals surface area contributed by atoms with Gasteiger partial charge in [0.15, 0.2) is 0 Å². The Morgan fingerprint density at radius 3 is 1.99 bits per heavy atom. The van der Waals surface area contributed by atoms with Crippen molar-refractivity contribution >= 4 is 80.8 Å². The normalized spacial score (nSPS) is 13.4. The van der Waals surface area contributed by atoms with Crippen LogP contribution in [0.5, 0.6) is 0 Å². The van der Waals surface area contributed by atoms with Gasteiger partial charge in [0.25, 0.3) is 5.91 Å². The van der Waals surface area contributed by atoms with Crippen molar-refractivity contribution in [1.29, 1.82) is 0 Å². The zero-order valence-corrected chi connectivity index (χ0v) is 46.4. The second kappa shape index (κ2) is 30.7. The molecule has 0 spiro atoms. The standard InChI is InChI=1S/C55H74N10O13S/c1-36(2)44(64(6)50(71)33-59-46(67)31-55(4,5)40-14-9-7-10-15-40)30-37(3)51(72)63-79(76,77)35-39-20-24-42(25-21-39)61-54(75)78-34-38-18-22-41(23-19-38)60-52(73)43(16-13-28-57-53(56)74)62-47(68)32-58-45(66)17-11-8-12-29-65-48(69)26-27-49(65)70/h7,9-10,14-15,18-25,30,36,43-44H,8,11-13,16-17,26-29,31-35H2,1-6H3,(H,58,66)(H,59,67)(H,60,73)(H,61,75)(H,62,68)(H,63,72)(H3,56,57,74)/b37-30+/t43-,44?/m0/s1. The van der Waals surface area contributed by atoms with Gasteiger partial charge in [0.1, 0.15) is 12.6 Å². The highest BCUT2D eigenvalue weighted by Crippen LogP contribution is 2.27. The summed E-state index contributed by atoms with van der Waals surface area (Å²) in [5.74, 6) is -4.30. The lowest BCUT2D eigenvalue weighted by molar-refractivity contribution is -0.138. The number of hydrogen-bond acceptors (Lipinski definition) is 13. The molecule has 3 aromatic rings. The molecule has 0 aromatic heterocycles. The topological polar surface area (TPSA) is 331 Å². The second-order valence-electron chi connectivity index (χ2n) is 20.1. The summed E-state index contributed by atoms with van der Waals surface area (Å²) in [6.45, 7) is 8.62. The molecule has 1 fully saturated rings. The van der Waals surface area contributed by atoms with Crippen molar-refractivity contribution in [1.82, 2.24) is 35.8 Å². The van der Waals surface area contributed by atoms with Gasteiger partial charge >= 0.3 is 12.1 Å². The fourth-order valence-electron chi connectivity index (χ4n) is 8.29. The van der Waals surface area contributed by atoms with Crippen LogP contribution in [0.2, 0.25) is 0 Å². The largest absolute Gasteiger partial charge is 0.444 e. The molecule has 0 radical (unpaired) electrons. The van der Waals surface area contributed by atoms with E-state index < -0.39 is 75.6 Å². The number of likely N-dealkylation sites (N-methyl/N-ethyl adjacent to an activating group) is 1. The molecule has 11 amide bonds. The number of hydrogen-bond donors (Lipinski definition) is 8. The van der Waals surface area contributed by atoms with Crippen LogP contribution in [0.25, 0.3) is 0 Å². The Morgan fingerprint density at radius 1 is 0.759 bits per heavy atom. The number of sulfonamides is 1. The maximum Gasteiger partial charge on any atom is 0.411 e. The Labute approximate surface area is 461 Å². The maximum atomic E-state index is 13.3. The van der Waals surface area contributed by atoms with E-state index in [4.69, 9.17) is 10.5 Å². The van der Waals surface area contributed by atoms with Crippen LogP contribution in [0.3, 0.4) is 0 Å². The van der Waals surface area contributed by atoms with Crippen molar-refractivity contribution in [2.75, 3.05) is 43.9 Å². The Bertz CT molecular complexity index is 2770. The summed E-state index contributed by atoms with van der Waals surface area (Å²) in [6, 6.07) is 19.3. The molecule has 1 heterocycles. The molecule has 0 aliphatic carbocycles. The molecular weight excluding hydrogens is 1040 g/mol. The fraction of sp³-hybridized carbons (Fsp3) is 0.455. The van der Waals surface area contributed by atoms with Crippen molar-refractivity contribution in [3.8, 4) is 0 Å². The number of carbonyl (C=O) groups is 10. The number of nitrogens with zero attached hydrogens (tertiary/aromatic N) is 2. The van der Waals surface area contributed by atoms with E-state index in [0.29, 0.717) is 42.6 Å². The summed E-state index contributed by atoms with van der Waals surface area (Å²) >= 11 is 0. The van der Waals surface area contributed by atoms with E-state index in [2.05, 4.69) is 36.6 Å². The molecule has 1 saturated heterocycles. The fourth-order valence-corrected chi connectivity index (χ4v) is 9.43. The molecule has 1 aliphatic rings. The van der Waals surface area contributed by atoms with E-state index in [9.17, 15) is 56.4 Å². The monoisotopic (exact) mass is 1110 g/mol. The summed E-state index contributed by atoms with van der Waals surface area (Å²) in [5, 5.41) is 15.5. The summed E-state index contributed by atoms with van der Waals surface area (Å²) in [5.41, 5.74) is 7.22. The van der Waals surface area contributed by atoms with Gasteiger partial charge in [-0.05, 0) is 84.9 Å². The lowest BCUT2D eigenvalue weighted by Crippen LogP contribution is -2.47. The Hall–Kier alpha value is -8.15. The van der Waals surface area contributed by atoms with E-state index >= 15 is 0 Å². The number of primary amides is 1. The SMILES string of the molecule is C/C(=C\C(C(C)C)N(C)C(=O)CNC(=O)CC(C)(C)c1ccccc1)C(=O)NS(=O)(=O)Cc1ccc(NC(=O)OCc2ccc(NC(=O)[C@H](CCCNC(N)=O)NC(=O)CNC(=O)CCCCCN3C(=O)CCC3=O)cc2)cc1. The van der Waals surface area contributed by atoms with E-state index in [1.54, 1.807) is 31.3 Å². The number of imide groups is 1. The van der Waals surface area contributed by atoms with Crippen molar-refractivity contribution in [3.05, 3.63) is 107 Å².